The molecule has 2 aromatic rings. The molecule has 0 saturated carbocycles. The number of aromatic nitrogens is 2. The molecule has 4 nitrogen and oxygen atoms in total. The van der Waals surface area contributed by atoms with Crippen LogP contribution in [0, 0.1) is 0 Å². The van der Waals surface area contributed by atoms with Crippen molar-refractivity contribution in [3.05, 3.63) is 60.2 Å². The van der Waals surface area contributed by atoms with Crippen molar-refractivity contribution in [1.29, 1.82) is 0 Å². The standard InChI is InChI=1S/C15H17N3O/c1-12(14-6-9-16-10-7-14)18-15(19)5-4-13-3-2-8-17-11-13/h2-3,6-12H,4-5H2,1H3,(H,18,19). The minimum absolute atomic E-state index is 0.00407. The summed E-state index contributed by atoms with van der Waals surface area (Å²) in [4.78, 5) is 19.8. The minimum Gasteiger partial charge on any atom is -0.350 e. The van der Waals surface area contributed by atoms with Crippen LogP contribution in [0.5, 0.6) is 0 Å². The van der Waals surface area contributed by atoms with Gasteiger partial charge in [0.1, 0.15) is 0 Å². The molecule has 2 aromatic heterocycles. The Balaban J connectivity index is 1.82. The quantitative estimate of drug-likeness (QED) is 0.891. The molecule has 19 heavy (non-hydrogen) atoms. The molecule has 98 valence electrons. The zero-order chi connectivity index (χ0) is 13.5. The summed E-state index contributed by atoms with van der Waals surface area (Å²) in [6, 6.07) is 7.68. The molecule has 0 bridgehead atoms. The first-order valence-electron chi connectivity index (χ1n) is 6.34. The fourth-order valence-electron chi connectivity index (χ4n) is 1.85. The van der Waals surface area contributed by atoms with Crippen molar-refractivity contribution >= 4 is 5.91 Å². The number of rotatable bonds is 5. The van der Waals surface area contributed by atoms with Crippen LogP contribution in [0.15, 0.2) is 49.1 Å². The number of pyridine rings is 2. The van der Waals surface area contributed by atoms with Crippen LogP contribution < -0.4 is 5.32 Å². The normalized spacial score (nSPS) is 11.8. The van der Waals surface area contributed by atoms with Crippen molar-refractivity contribution in [3.8, 4) is 0 Å². The molecule has 0 fully saturated rings. The van der Waals surface area contributed by atoms with Gasteiger partial charge in [0.15, 0.2) is 0 Å². The van der Waals surface area contributed by atoms with Crippen LogP contribution in [0.4, 0.5) is 0 Å². The molecular weight excluding hydrogens is 238 g/mol. The highest BCUT2D eigenvalue weighted by Crippen LogP contribution is 2.10. The molecule has 0 aliphatic carbocycles. The predicted octanol–water partition coefficient (Wildman–Crippen LogP) is 2.29. The molecule has 0 spiro atoms. The number of nitrogens with zero attached hydrogens (tertiary/aromatic N) is 2. The first kappa shape index (κ1) is 13.2. The van der Waals surface area contributed by atoms with Crippen LogP contribution in [0.25, 0.3) is 0 Å². The molecule has 2 rings (SSSR count). The lowest BCUT2D eigenvalue weighted by Gasteiger charge is -2.13. The number of carbonyl (C=O) groups is 1. The van der Waals surface area contributed by atoms with Crippen molar-refractivity contribution in [2.75, 3.05) is 0 Å². The average Bonchev–Trinajstić information content (AvgIpc) is 2.47. The number of carbonyl (C=O) groups excluding carboxylic acids is 1. The van der Waals surface area contributed by atoms with Gasteiger partial charge >= 0.3 is 0 Å². The second kappa shape index (κ2) is 6.64. The van der Waals surface area contributed by atoms with Gasteiger partial charge in [-0.15, -0.1) is 0 Å². The molecule has 0 aromatic carbocycles. The smallest absolute Gasteiger partial charge is 0.220 e. The molecule has 2 heterocycles. The fraction of sp³-hybridized carbons (Fsp3) is 0.267. The predicted molar refractivity (Wildman–Crippen MR) is 73.4 cm³/mol. The molecule has 0 saturated heterocycles. The lowest BCUT2D eigenvalue weighted by atomic mass is 10.1. The van der Waals surface area contributed by atoms with E-state index >= 15 is 0 Å². The van der Waals surface area contributed by atoms with Crippen LogP contribution in [-0.2, 0) is 11.2 Å². The molecule has 0 radical (unpaired) electrons. The zero-order valence-electron chi connectivity index (χ0n) is 10.9. The van der Waals surface area contributed by atoms with Gasteiger partial charge in [-0.2, -0.15) is 0 Å². The van der Waals surface area contributed by atoms with E-state index in [9.17, 15) is 4.79 Å². The Kier molecular flexibility index (Phi) is 4.61. The monoisotopic (exact) mass is 255 g/mol. The Morgan fingerprint density at radius 3 is 2.68 bits per heavy atom. The van der Waals surface area contributed by atoms with Crippen molar-refractivity contribution in [2.45, 2.75) is 25.8 Å². The number of nitrogens with one attached hydrogen (secondary N) is 1. The van der Waals surface area contributed by atoms with Crippen LogP contribution in [0.3, 0.4) is 0 Å². The highest BCUT2D eigenvalue weighted by Gasteiger charge is 2.09. The highest BCUT2D eigenvalue weighted by atomic mass is 16.1. The summed E-state index contributed by atoms with van der Waals surface area (Å²) in [5.41, 5.74) is 2.14. The molecule has 4 heteroatoms. The molecule has 0 aliphatic heterocycles. The number of aryl methyl sites for hydroxylation is 1. The van der Waals surface area contributed by atoms with Crippen molar-refractivity contribution in [3.63, 3.8) is 0 Å². The Hall–Kier alpha value is -2.23. The molecule has 1 amide bonds. The van der Waals surface area contributed by atoms with Gasteiger partial charge in [-0.25, -0.2) is 0 Å². The molecule has 1 unspecified atom stereocenters. The molecule has 1 N–H and O–H groups in total. The Morgan fingerprint density at radius 2 is 2.00 bits per heavy atom. The summed E-state index contributed by atoms with van der Waals surface area (Å²) in [7, 11) is 0. The average molecular weight is 255 g/mol. The summed E-state index contributed by atoms with van der Waals surface area (Å²) in [5, 5.41) is 2.98. The number of hydrogen-bond acceptors (Lipinski definition) is 3. The fourth-order valence-corrected chi connectivity index (χ4v) is 1.85. The van der Waals surface area contributed by atoms with Gasteiger partial charge in [0.2, 0.25) is 5.91 Å². The summed E-state index contributed by atoms with van der Waals surface area (Å²) in [5.74, 6) is 0.0492. The second-order valence-electron chi connectivity index (χ2n) is 4.43. The van der Waals surface area contributed by atoms with E-state index < -0.39 is 0 Å². The van der Waals surface area contributed by atoms with Gasteiger partial charge in [-0.1, -0.05) is 6.07 Å². The Morgan fingerprint density at radius 1 is 1.21 bits per heavy atom. The highest BCUT2D eigenvalue weighted by molar-refractivity contribution is 5.76. The van der Waals surface area contributed by atoms with E-state index in [1.807, 2.05) is 31.2 Å². The van der Waals surface area contributed by atoms with E-state index in [4.69, 9.17) is 0 Å². The lowest BCUT2D eigenvalue weighted by molar-refractivity contribution is -0.121. The summed E-state index contributed by atoms with van der Waals surface area (Å²) in [6.07, 6.45) is 8.17. The topological polar surface area (TPSA) is 54.9 Å². The van der Waals surface area contributed by atoms with Crippen LogP contribution in [0.2, 0.25) is 0 Å². The van der Waals surface area contributed by atoms with E-state index in [1.54, 1.807) is 24.8 Å². The minimum atomic E-state index is 0.00407. The third-order valence-corrected chi connectivity index (χ3v) is 2.95. The van der Waals surface area contributed by atoms with E-state index in [1.165, 1.54) is 0 Å². The van der Waals surface area contributed by atoms with E-state index in [-0.39, 0.29) is 11.9 Å². The van der Waals surface area contributed by atoms with Crippen LogP contribution in [0.1, 0.15) is 30.5 Å². The maximum atomic E-state index is 11.9. The van der Waals surface area contributed by atoms with Gasteiger partial charge in [0.25, 0.3) is 0 Å². The van der Waals surface area contributed by atoms with Crippen molar-refractivity contribution in [1.82, 2.24) is 15.3 Å². The summed E-state index contributed by atoms with van der Waals surface area (Å²) in [6.45, 7) is 1.97. The van der Waals surface area contributed by atoms with Crippen LogP contribution in [-0.4, -0.2) is 15.9 Å². The van der Waals surface area contributed by atoms with E-state index in [0.29, 0.717) is 12.8 Å². The SMILES string of the molecule is CC(NC(=O)CCc1cccnc1)c1ccncc1. The number of amides is 1. The van der Waals surface area contributed by atoms with Gasteiger partial charge in [-0.05, 0) is 42.7 Å². The van der Waals surface area contributed by atoms with Gasteiger partial charge in [0, 0.05) is 31.2 Å². The lowest BCUT2D eigenvalue weighted by Crippen LogP contribution is -2.26. The summed E-state index contributed by atoms with van der Waals surface area (Å²) >= 11 is 0. The van der Waals surface area contributed by atoms with Crippen molar-refractivity contribution < 1.29 is 4.79 Å². The third-order valence-electron chi connectivity index (χ3n) is 2.95. The van der Waals surface area contributed by atoms with Crippen molar-refractivity contribution in [2.24, 2.45) is 0 Å². The van der Waals surface area contributed by atoms with E-state index in [0.717, 1.165) is 11.1 Å². The van der Waals surface area contributed by atoms with Crippen LogP contribution >= 0.6 is 0 Å². The Bertz CT molecular complexity index is 513. The summed E-state index contributed by atoms with van der Waals surface area (Å²) < 4.78 is 0. The number of hydrogen-bond donors (Lipinski definition) is 1. The molecule has 1 atom stereocenters. The third kappa shape index (κ3) is 4.17. The maximum absolute atomic E-state index is 11.9. The van der Waals surface area contributed by atoms with Gasteiger partial charge in [-0.3, -0.25) is 14.8 Å². The van der Waals surface area contributed by atoms with E-state index in [2.05, 4.69) is 15.3 Å². The van der Waals surface area contributed by atoms with Gasteiger partial charge < -0.3 is 5.32 Å². The van der Waals surface area contributed by atoms with Gasteiger partial charge in [0.05, 0.1) is 6.04 Å². The molecular formula is C15H17N3O. The first-order valence-corrected chi connectivity index (χ1v) is 6.34. The second-order valence-corrected chi connectivity index (χ2v) is 4.43. The molecule has 0 aliphatic rings. The maximum Gasteiger partial charge on any atom is 0.220 e. The largest absolute Gasteiger partial charge is 0.350 e. The zero-order valence-corrected chi connectivity index (χ0v) is 10.9. The first-order chi connectivity index (χ1) is 9.25. The Labute approximate surface area is 112 Å².